The first kappa shape index (κ1) is 16.8. The topological polar surface area (TPSA) is 97.6 Å². The first-order chi connectivity index (χ1) is 11.0. The number of hydrogen-bond acceptors (Lipinski definition) is 5. The molecule has 0 aliphatic heterocycles. The fourth-order valence-corrected chi connectivity index (χ4v) is 2.01. The van der Waals surface area contributed by atoms with Crippen LogP contribution in [0.5, 0.6) is 0 Å². The van der Waals surface area contributed by atoms with Crippen LogP contribution in [0, 0.1) is 0 Å². The lowest BCUT2D eigenvalue weighted by Crippen LogP contribution is -2.32. The molecular formula is C15H13BrN2O5. The number of rotatable bonds is 6. The molecule has 1 aromatic heterocycles. The van der Waals surface area contributed by atoms with Crippen LogP contribution in [-0.4, -0.2) is 30.9 Å². The number of halogens is 1. The van der Waals surface area contributed by atoms with E-state index in [0.717, 1.165) is 4.47 Å². The van der Waals surface area contributed by atoms with E-state index < -0.39 is 24.4 Å². The van der Waals surface area contributed by atoms with E-state index >= 15 is 0 Å². The van der Waals surface area contributed by atoms with Gasteiger partial charge in [0, 0.05) is 10.2 Å². The summed E-state index contributed by atoms with van der Waals surface area (Å²) in [5.41, 5.74) is 0.576. The van der Waals surface area contributed by atoms with Crippen LogP contribution in [0.3, 0.4) is 0 Å². The van der Waals surface area contributed by atoms with Crippen LogP contribution in [-0.2, 0) is 14.3 Å². The number of hydrogen-bond donors (Lipinski definition) is 2. The number of anilines is 1. The molecule has 0 saturated carbocycles. The van der Waals surface area contributed by atoms with Crippen molar-refractivity contribution in [2.45, 2.75) is 0 Å². The number of nitrogens with one attached hydrogen (secondary N) is 2. The van der Waals surface area contributed by atoms with Crippen molar-refractivity contribution in [3.05, 3.63) is 52.9 Å². The zero-order valence-corrected chi connectivity index (χ0v) is 13.5. The number of carbonyl (C=O) groups is 3. The van der Waals surface area contributed by atoms with Crippen LogP contribution in [0.2, 0.25) is 0 Å². The lowest BCUT2D eigenvalue weighted by Gasteiger charge is -2.07. The van der Waals surface area contributed by atoms with E-state index in [9.17, 15) is 14.4 Å². The molecule has 0 spiro atoms. The number of furan rings is 1. The molecule has 2 aromatic rings. The highest BCUT2D eigenvalue weighted by Gasteiger charge is 2.12. The summed E-state index contributed by atoms with van der Waals surface area (Å²) in [6.45, 7) is -0.800. The van der Waals surface area contributed by atoms with Gasteiger partial charge in [-0.05, 0) is 30.3 Å². The van der Waals surface area contributed by atoms with E-state index in [-0.39, 0.29) is 12.3 Å². The maximum Gasteiger partial charge on any atom is 0.325 e. The van der Waals surface area contributed by atoms with Gasteiger partial charge in [-0.1, -0.05) is 22.0 Å². The maximum atomic E-state index is 11.6. The zero-order valence-electron chi connectivity index (χ0n) is 11.9. The molecule has 23 heavy (non-hydrogen) atoms. The molecule has 0 fully saturated rings. The summed E-state index contributed by atoms with van der Waals surface area (Å²) >= 11 is 3.28. The number of ether oxygens (including phenoxy) is 1. The molecule has 0 bridgehead atoms. The van der Waals surface area contributed by atoms with Crippen LogP contribution in [0.25, 0.3) is 0 Å². The Kier molecular flexibility index (Phi) is 5.93. The zero-order chi connectivity index (χ0) is 16.7. The average Bonchev–Trinajstić information content (AvgIpc) is 3.05. The predicted octanol–water partition coefficient (Wildman–Crippen LogP) is 1.95. The van der Waals surface area contributed by atoms with Gasteiger partial charge in [0.2, 0.25) is 0 Å². The highest BCUT2D eigenvalue weighted by Crippen LogP contribution is 2.15. The molecule has 2 N–H and O–H groups in total. The van der Waals surface area contributed by atoms with Gasteiger partial charge >= 0.3 is 5.97 Å². The SMILES string of the molecule is O=C(COC(=O)CNC(=O)c1ccco1)Nc1cccc(Br)c1. The Bertz CT molecular complexity index is 700. The molecule has 0 radical (unpaired) electrons. The fourth-order valence-electron chi connectivity index (χ4n) is 1.61. The minimum absolute atomic E-state index is 0.0881. The molecule has 0 aliphatic rings. The van der Waals surface area contributed by atoms with Crippen molar-refractivity contribution in [3.8, 4) is 0 Å². The minimum atomic E-state index is -0.728. The van der Waals surface area contributed by atoms with Crippen molar-refractivity contribution in [1.29, 1.82) is 0 Å². The van der Waals surface area contributed by atoms with Crippen LogP contribution >= 0.6 is 15.9 Å². The van der Waals surface area contributed by atoms with Crippen molar-refractivity contribution in [3.63, 3.8) is 0 Å². The molecule has 0 aliphatic carbocycles. The fraction of sp³-hybridized carbons (Fsp3) is 0.133. The molecule has 7 nitrogen and oxygen atoms in total. The van der Waals surface area contributed by atoms with Crippen molar-refractivity contribution in [1.82, 2.24) is 5.32 Å². The van der Waals surface area contributed by atoms with Crippen molar-refractivity contribution in [2.75, 3.05) is 18.5 Å². The summed E-state index contributed by atoms with van der Waals surface area (Å²) in [6.07, 6.45) is 1.35. The summed E-state index contributed by atoms with van der Waals surface area (Å²) in [4.78, 5) is 34.6. The molecule has 8 heteroatoms. The Morgan fingerprint density at radius 1 is 1.17 bits per heavy atom. The van der Waals surface area contributed by atoms with Gasteiger partial charge in [0.05, 0.1) is 6.26 Å². The number of esters is 1. The number of benzene rings is 1. The van der Waals surface area contributed by atoms with Gasteiger partial charge in [-0.15, -0.1) is 0 Å². The summed E-state index contributed by atoms with van der Waals surface area (Å²) in [5, 5.41) is 4.90. The first-order valence-corrected chi connectivity index (χ1v) is 7.36. The molecule has 1 heterocycles. The molecule has 0 unspecified atom stereocenters. The molecule has 2 rings (SSSR count). The van der Waals surface area contributed by atoms with Crippen molar-refractivity contribution < 1.29 is 23.5 Å². The first-order valence-electron chi connectivity index (χ1n) is 6.57. The molecule has 0 atom stereocenters. The van der Waals surface area contributed by atoms with E-state index in [0.29, 0.717) is 5.69 Å². The van der Waals surface area contributed by atoms with Crippen LogP contribution in [0.4, 0.5) is 5.69 Å². The second-order valence-corrected chi connectivity index (χ2v) is 5.29. The van der Waals surface area contributed by atoms with Crippen LogP contribution in [0.1, 0.15) is 10.6 Å². The van der Waals surface area contributed by atoms with Crippen LogP contribution < -0.4 is 10.6 Å². The van der Waals surface area contributed by atoms with Crippen molar-refractivity contribution >= 4 is 39.4 Å². The Labute approximate surface area is 140 Å². The van der Waals surface area contributed by atoms with Gasteiger partial charge in [-0.2, -0.15) is 0 Å². The summed E-state index contributed by atoms with van der Waals surface area (Å²) in [6, 6.07) is 10.0. The van der Waals surface area contributed by atoms with E-state index in [2.05, 4.69) is 26.6 Å². The number of amides is 2. The third-order valence-corrected chi connectivity index (χ3v) is 3.10. The normalized spacial score (nSPS) is 9.96. The highest BCUT2D eigenvalue weighted by molar-refractivity contribution is 9.10. The van der Waals surface area contributed by atoms with Gasteiger partial charge in [-0.25, -0.2) is 0 Å². The number of carbonyl (C=O) groups excluding carboxylic acids is 3. The average molecular weight is 381 g/mol. The smallest absolute Gasteiger partial charge is 0.325 e. The van der Waals surface area contributed by atoms with Gasteiger partial charge in [0.1, 0.15) is 6.54 Å². The van der Waals surface area contributed by atoms with Gasteiger partial charge < -0.3 is 19.8 Å². The highest BCUT2D eigenvalue weighted by atomic mass is 79.9. The predicted molar refractivity (Wildman–Crippen MR) is 84.8 cm³/mol. The Balaban J connectivity index is 1.69. The van der Waals surface area contributed by atoms with Gasteiger partial charge in [-0.3, -0.25) is 14.4 Å². The Morgan fingerprint density at radius 2 is 2.00 bits per heavy atom. The Morgan fingerprint density at radius 3 is 2.70 bits per heavy atom. The standard InChI is InChI=1S/C15H13BrN2O5/c16-10-3-1-4-11(7-10)18-13(19)9-23-14(20)8-17-15(21)12-5-2-6-22-12/h1-7H,8-9H2,(H,17,21)(H,18,19). The summed E-state index contributed by atoms with van der Waals surface area (Å²) < 4.78 is 10.4. The molecular weight excluding hydrogens is 368 g/mol. The molecule has 120 valence electrons. The summed E-state index contributed by atoms with van der Waals surface area (Å²) in [5.74, 6) is -1.65. The quantitative estimate of drug-likeness (QED) is 0.746. The molecule has 0 saturated heterocycles. The largest absolute Gasteiger partial charge is 0.459 e. The minimum Gasteiger partial charge on any atom is -0.459 e. The van der Waals surface area contributed by atoms with Gasteiger partial charge in [0.25, 0.3) is 11.8 Å². The van der Waals surface area contributed by atoms with Gasteiger partial charge in [0.15, 0.2) is 12.4 Å². The second kappa shape index (κ2) is 8.14. The molecule has 2 amide bonds. The lowest BCUT2D eigenvalue weighted by molar-refractivity contribution is -0.146. The van der Waals surface area contributed by atoms with E-state index in [4.69, 9.17) is 9.15 Å². The summed E-state index contributed by atoms with van der Waals surface area (Å²) in [7, 11) is 0. The third-order valence-electron chi connectivity index (χ3n) is 2.61. The maximum absolute atomic E-state index is 11.6. The monoisotopic (exact) mass is 380 g/mol. The third kappa shape index (κ3) is 5.59. The van der Waals surface area contributed by atoms with E-state index in [1.54, 1.807) is 24.3 Å². The Hall–Kier alpha value is -2.61. The van der Waals surface area contributed by atoms with E-state index in [1.165, 1.54) is 12.3 Å². The van der Waals surface area contributed by atoms with Crippen molar-refractivity contribution in [2.24, 2.45) is 0 Å². The van der Waals surface area contributed by atoms with Crippen LogP contribution in [0.15, 0.2) is 51.6 Å². The van der Waals surface area contributed by atoms with E-state index in [1.807, 2.05) is 6.07 Å². The lowest BCUT2D eigenvalue weighted by atomic mass is 10.3. The second-order valence-electron chi connectivity index (χ2n) is 4.38. The molecule has 1 aromatic carbocycles.